The van der Waals surface area contributed by atoms with Crippen molar-refractivity contribution in [3.63, 3.8) is 0 Å². The van der Waals surface area contributed by atoms with Gasteiger partial charge in [0, 0.05) is 13.1 Å². The molecule has 0 aliphatic carbocycles. The number of hydrogen-bond donors (Lipinski definition) is 2. The quantitative estimate of drug-likeness (QED) is 0.548. The van der Waals surface area contributed by atoms with Gasteiger partial charge < -0.3 is 15.2 Å². The van der Waals surface area contributed by atoms with Gasteiger partial charge in [-0.3, -0.25) is 0 Å². The van der Waals surface area contributed by atoms with E-state index in [0.717, 1.165) is 11.3 Å². The number of methoxy groups -OCH3 is 1. The summed E-state index contributed by atoms with van der Waals surface area (Å²) in [5, 5.41) is 12.9. The number of aliphatic hydroxyl groups is 1. The SMILES string of the molecule is C=CCNCC(O)c1cccc(OC)c1. The summed E-state index contributed by atoms with van der Waals surface area (Å²) in [4.78, 5) is 0. The zero-order valence-electron chi connectivity index (χ0n) is 8.94. The van der Waals surface area contributed by atoms with Gasteiger partial charge >= 0.3 is 0 Å². The average molecular weight is 207 g/mol. The van der Waals surface area contributed by atoms with Crippen molar-refractivity contribution in [3.05, 3.63) is 42.5 Å². The number of nitrogens with one attached hydrogen (secondary N) is 1. The van der Waals surface area contributed by atoms with E-state index in [2.05, 4.69) is 11.9 Å². The molecule has 82 valence electrons. The summed E-state index contributed by atoms with van der Waals surface area (Å²) in [5.41, 5.74) is 0.853. The summed E-state index contributed by atoms with van der Waals surface area (Å²) in [6.45, 7) is 4.80. The molecule has 0 aromatic heterocycles. The van der Waals surface area contributed by atoms with E-state index in [1.807, 2.05) is 24.3 Å². The molecule has 0 heterocycles. The van der Waals surface area contributed by atoms with Gasteiger partial charge in [-0.05, 0) is 17.7 Å². The molecule has 0 aliphatic heterocycles. The fraction of sp³-hybridized carbons (Fsp3) is 0.333. The third-order valence-corrected chi connectivity index (χ3v) is 2.10. The van der Waals surface area contributed by atoms with Crippen molar-refractivity contribution in [2.75, 3.05) is 20.2 Å². The van der Waals surface area contributed by atoms with Crippen LogP contribution in [0.15, 0.2) is 36.9 Å². The Morgan fingerprint density at radius 1 is 1.60 bits per heavy atom. The number of aliphatic hydroxyl groups excluding tert-OH is 1. The van der Waals surface area contributed by atoms with Crippen molar-refractivity contribution in [1.82, 2.24) is 5.32 Å². The highest BCUT2D eigenvalue weighted by Crippen LogP contribution is 2.18. The van der Waals surface area contributed by atoms with Crippen LogP contribution < -0.4 is 10.1 Å². The molecule has 1 aromatic rings. The van der Waals surface area contributed by atoms with E-state index in [-0.39, 0.29) is 0 Å². The fourth-order valence-corrected chi connectivity index (χ4v) is 1.29. The smallest absolute Gasteiger partial charge is 0.119 e. The van der Waals surface area contributed by atoms with Crippen LogP contribution in [0, 0.1) is 0 Å². The first-order chi connectivity index (χ1) is 7.27. The monoisotopic (exact) mass is 207 g/mol. The highest BCUT2D eigenvalue weighted by molar-refractivity contribution is 5.29. The molecule has 2 N–H and O–H groups in total. The van der Waals surface area contributed by atoms with Crippen LogP contribution in [0.2, 0.25) is 0 Å². The van der Waals surface area contributed by atoms with Crippen LogP contribution in [0.4, 0.5) is 0 Å². The summed E-state index contributed by atoms with van der Waals surface area (Å²) < 4.78 is 5.08. The summed E-state index contributed by atoms with van der Waals surface area (Å²) in [5.74, 6) is 0.760. The van der Waals surface area contributed by atoms with Gasteiger partial charge in [0.1, 0.15) is 5.75 Å². The third kappa shape index (κ3) is 3.73. The molecule has 0 radical (unpaired) electrons. The molecule has 0 aliphatic rings. The number of hydrogen-bond acceptors (Lipinski definition) is 3. The van der Waals surface area contributed by atoms with Crippen molar-refractivity contribution >= 4 is 0 Å². The van der Waals surface area contributed by atoms with Gasteiger partial charge in [-0.25, -0.2) is 0 Å². The van der Waals surface area contributed by atoms with Crippen LogP contribution >= 0.6 is 0 Å². The Bertz CT molecular complexity index is 312. The molecule has 0 fully saturated rings. The first kappa shape index (κ1) is 11.8. The summed E-state index contributed by atoms with van der Waals surface area (Å²) in [6.07, 6.45) is 1.25. The maximum Gasteiger partial charge on any atom is 0.119 e. The second-order valence-corrected chi connectivity index (χ2v) is 3.24. The lowest BCUT2D eigenvalue weighted by atomic mass is 10.1. The molecule has 1 unspecified atom stereocenters. The molecule has 1 aromatic carbocycles. The van der Waals surface area contributed by atoms with Crippen LogP contribution in [0.1, 0.15) is 11.7 Å². The van der Waals surface area contributed by atoms with E-state index in [0.29, 0.717) is 13.1 Å². The number of ether oxygens (including phenoxy) is 1. The van der Waals surface area contributed by atoms with Gasteiger partial charge in [0.05, 0.1) is 13.2 Å². The lowest BCUT2D eigenvalue weighted by molar-refractivity contribution is 0.176. The van der Waals surface area contributed by atoms with E-state index < -0.39 is 6.10 Å². The van der Waals surface area contributed by atoms with Gasteiger partial charge in [-0.15, -0.1) is 6.58 Å². The Balaban J connectivity index is 2.56. The standard InChI is InChI=1S/C12H17NO2/c1-3-7-13-9-12(14)10-5-4-6-11(8-10)15-2/h3-6,8,12-14H,1,7,9H2,2H3. The van der Waals surface area contributed by atoms with Gasteiger partial charge in [-0.1, -0.05) is 18.2 Å². The van der Waals surface area contributed by atoms with E-state index in [9.17, 15) is 5.11 Å². The van der Waals surface area contributed by atoms with Crippen LogP contribution in [0.5, 0.6) is 5.75 Å². The van der Waals surface area contributed by atoms with E-state index in [1.165, 1.54) is 0 Å². The van der Waals surface area contributed by atoms with Gasteiger partial charge in [0.2, 0.25) is 0 Å². The molecule has 1 atom stereocenters. The second kappa shape index (κ2) is 6.22. The van der Waals surface area contributed by atoms with Crippen LogP contribution in [0.3, 0.4) is 0 Å². The van der Waals surface area contributed by atoms with E-state index in [4.69, 9.17) is 4.74 Å². The maximum absolute atomic E-state index is 9.81. The van der Waals surface area contributed by atoms with Crippen molar-refractivity contribution < 1.29 is 9.84 Å². The average Bonchev–Trinajstić information content (AvgIpc) is 2.29. The fourth-order valence-electron chi connectivity index (χ4n) is 1.29. The molecule has 0 saturated heterocycles. The van der Waals surface area contributed by atoms with Crippen molar-refractivity contribution in [2.24, 2.45) is 0 Å². The largest absolute Gasteiger partial charge is 0.497 e. The van der Waals surface area contributed by atoms with Crippen molar-refractivity contribution in [1.29, 1.82) is 0 Å². The molecule has 1 rings (SSSR count). The summed E-state index contributed by atoms with van der Waals surface area (Å²) in [7, 11) is 1.61. The molecule has 3 heteroatoms. The zero-order valence-corrected chi connectivity index (χ0v) is 8.94. The molecule has 0 amide bonds. The molecule has 15 heavy (non-hydrogen) atoms. The van der Waals surface area contributed by atoms with Crippen molar-refractivity contribution in [3.8, 4) is 5.75 Å². The molecule has 0 spiro atoms. The zero-order chi connectivity index (χ0) is 11.1. The summed E-state index contributed by atoms with van der Waals surface area (Å²) in [6, 6.07) is 7.43. The number of benzene rings is 1. The van der Waals surface area contributed by atoms with Gasteiger partial charge in [0.15, 0.2) is 0 Å². The maximum atomic E-state index is 9.81. The Hall–Kier alpha value is -1.32. The predicted octanol–water partition coefficient (Wildman–Crippen LogP) is 1.50. The highest BCUT2D eigenvalue weighted by Gasteiger charge is 2.06. The first-order valence-corrected chi connectivity index (χ1v) is 4.91. The lowest BCUT2D eigenvalue weighted by Gasteiger charge is -2.12. The molecular weight excluding hydrogens is 190 g/mol. The van der Waals surface area contributed by atoms with Gasteiger partial charge in [0.25, 0.3) is 0 Å². The van der Waals surface area contributed by atoms with Crippen molar-refractivity contribution in [2.45, 2.75) is 6.10 Å². The Labute approximate surface area is 90.4 Å². The Morgan fingerprint density at radius 3 is 3.07 bits per heavy atom. The van der Waals surface area contributed by atoms with Crippen LogP contribution in [-0.4, -0.2) is 25.3 Å². The van der Waals surface area contributed by atoms with E-state index in [1.54, 1.807) is 13.2 Å². The summed E-state index contributed by atoms with van der Waals surface area (Å²) >= 11 is 0. The molecule has 0 saturated carbocycles. The second-order valence-electron chi connectivity index (χ2n) is 3.24. The minimum absolute atomic E-state index is 0.513. The minimum atomic E-state index is -0.514. The molecule has 3 nitrogen and oxygen atoms in total. The van der Waals surface area contributed by atoms with Crippen LogP contribution in [-0.2, 0) is 0 Å². The molecule has 0 bridgehead atoms. The Morgan fingerprint density at radius 2 is 2.40 bits per heavy atom. The highest BCUT2D eigenvalue weighted by atomic mass is 16.5. The Kier molecular flexibility index (Phi) is 4.87. The topological polar surface area (TPSA) is 41.5 Å². The predicted molar refractivity (Wildman–Crippen MR) is 61.0 cm³/mol. The number of rotatable bonds is 6. The third-order valence-electron chi connectivity index (χ3n) is 2.10. The van der Waals surface area contributed by atoms with Crippen LogP contribution in [0.25, 0.3) is 0 Å². The lowest BCUT2D eigenvalue weighted by Crippen LogP contribution is -2.21. The van der Waals surface area contributed by atoms with E-state index >= 15 is 0 Å². The molecular formula is C12H17NO2. The minimum Gasteiger partial charge on any atom is -0.497 e. The normalized spacial score (nSPS) is 12.1. The van der Waals surface area contributed by atoms with Gasteiger partial charge in [-0.2, -0.15) is 0 Å². The first-order valence-electron chi connectivity index (χ1n) is 4.91.